The zero-order valence-corrected chi connectivity index (χ0v) is 8.99. The summed E-state index contributed by atoms with van der Waals surface area (Å²) < 4.78 is 14.8. The molecular formula is C10H18O4. The molecule has 0 N–H and O–H groups in total. The lowest BCUT2D eigenvalue weighted by atomic mass is 10.2. The van der Waals surface area contributed by atoms with Crippen LogP contribution in [0.2, 0.25) is 0 Å². The molecule has 1 unspecified atom stereocenters. The molecule has 0 aromatic heterocycles. The topological polar surface area (TPSA) is 44.8 Å². The molecule has 0 amide bonds. The van der Waals surface area contributed by atoms with Crippen molar-refractivity contribution in [2.45, 2.75) is 26.4 Å². The molecule has 0 aromatic rings. The van der Waals surface area contributed by atoms with Gasteiger partial charge in [-0.3, -0.25) is 4.79 Å². The van der Waals surface area contributed by atoms with Crippen LogP contribution in [-0.2, 0) is 19.0 Å². The highest BCUT2D eigenvalue weighted by atomic mass is 16.7. The number of esters is 1. The second-order valence-electron chi connectivity index (χ2n) is 2.65. The minimum Gasteiger partial charge on any atom is -0.466 e. The minimum absolute atomic E-state index is 0.175. The largest absolute Gasteiger partial charge is 0.466 e. The van der Waals surface area contributed by atoms with Crippen molar-refractivity contribution < 1.29 is 19.0 Å². The van der Waals surface area contributed by atoms with Crippen LogP contribution < -0.4 is 0 Å². The molecule has 0 aliphatic rings. The fraction of sp³-hybridized carbons (Fsp3) is 0.700. The molecule has 0 aromatic carbocycles. The summed E-state index contributed by atoms with van der Waals surface area (Å²) in [5.74, 6) is -0.258. The van der Waals surface area contributed by atoms with Gasteiger partial charge in [0, 0.05) is 7.11 Å². The molecule has 0 aliphatic carbocycles. The molecule has 0 bridgehead atoms. The Labute approximate surface area is 84.8 Å². The van der Waals surface area contributed by atoms with Crippen LogP contribution in [0.15, 0.2) is 12.2 Å². The van der Waals surface area contributed by atoms with Crippen molar-refractivity contribution in [1.82, 2.24) is 0 Å². The van der Waals surface area contributed by atoms with Crippen molar-refractivity contribution in [2.75, 3.05) is 20.5 Å². The van der Waals surface area contributed by atoms with Crippen molar-refractivity contribution in [3.05, 3.63) is 12.2 Å². The Morgan fingerprint density at radius 3 is 2.71 bits per heavy atom. The third-order valence-corrected chi connectivity index (χ3v) is 1.48. The first-order chi connectivity index (χ1) is 6.74. The van der Waals surface area contributed by atoms with E-state index >= 15 is 0 Å². The normalized spacial score (nSPS) is 13.1. The summed E-state index contributed by atoms with van der Waals surface area (Å²) in [4.78, 5) is 11.1. The SMILES string of the molecule is C/C=C/C(CC(=O)OCC)OCOC. The van der Waals surface area contributed by atoms with Gasteiger partial charge in [0.2, 0.25) is 0 Å². The van der Waals surface area contributed by atoms with Crippen LogP contribution in [0, 0.1) is 0 Å². The quantitative estimate of drug-likeness (QED) is 0.356. The van der Waals surface area contributed by atoms with Crippen LogP contribution in [0.25, 0.3) is 0 Å². The molecule has 82 valence electrons. The molecule has 0 heterocycles. The number of ether oxygens (including phenoxy) is 3. The number of carbonyl (C=O) groups is 1. The van der Waals surface area contributed by atoms with Crippen LogP contribution in [0.5, 0.6) is 0 Å². The van der Waals surface area contributed by atoms with Crippen LogP contribution >= 0.6 is 0 Å². The van der Waals surface area contributed by atoms with Crippen molar-refractivity contribution >= 4 is 5.97 Å². The fourth-order valence-corrected chi connectivity index (χ4v) is 0.937. The van der Waals surface area contributed by atoms with Crippen molar-refractivity contribution in [3.63, 3.8) is 0 Å². The number of carbonyl (C=O) groups excluding carboxylic acids is 1. The first-order valence-corrected chi connectivity index (χ1v) is 4.63. The van der Waals surface area contributed by atoms with Gasteiger partial charge in [0.05, 0.1) is 19.1 Å². The predicted octanol–water partition coefficient (Wildman–Crippen LogP) is 1.50. The maximum atomic E-state index is 11.1. The molecule has 1 atom stereocenters. The lowest BCUT2D eigenvalue weighted by molar-refractivity contribution is -0.147. The molecule has 14 heavy (non-hydrogen) atoms. The van der Waals surface area contributed by atoms with Gasteiger partial charge in [-0.2, -0.15) is 0 Å². The highest BCUT2D eigenvalue weighted by molar-refractivity contribution is 5.70. The Morgan fingerprint density at radius 2 is 2.21 bits per heavy atom. The summed E-state index contributed by atoms with van der Waals surface area (Å²) in [6, 6.07) is 0. The van der Waals surface area contributed by atoms with Gasteiger partial charge in [-0.25, -0.2) is 0 Å². The van der Waals surface area contributed by atoms with E-state index in [1.54, 1.807) is 13.0 Å². The van der Waals surface area contributed by atoms with E-state index in [2.05, 4.69) is 0 Å². The van der Waals surface area contributed by atoms with Crippen molar-refractivity contribution in [1.29, 1.82) is 0 Å². The molecule has 0 rings (SSSR count). The van der Waals surface area contributed by atoms with Gasteiger partial charge >= 0.3 is 5.97 Å². The third-order valence-electron chi connectivity index (χ3n) is 1.48. The van der Waals surface area contributed by atoms with Gasteiger partial charge in [-0.1, -0.05) is 12.2 Å². The molecule has 0 saturated heterocycles. The molecule has 0 fully saturated rings. The zero-order valence-electron chi connectivity index (χ0n) is 8.99. The van der Waals surface area contributed by atoms with Crippen LogP contribution in [0.3, 0.4) is 0 Å². The molecule has 0 radical (unpaired) electrons. The number of hydrogen-bond donors (Lipinski definition) is 0. The number of hydrogen-bond acceptors (Lipinski definition) is 4. The molecular weight excluding hydrogens is 184 g/mol. The first-order valence-electron chi connectivity index (χ1n) is 4.63. The van der Waals surface area contributed by atoms with Crippen LogP contribution in [-0.4, -0.2) is 32.6 Å². The summed E-state index contributed by atoms with van der Waals surface area (Å²) >= 11 is 0. The standard InChI is InChI=1S/C10H18O4/c1-4-6-9(14-8-12-3)7-10(11)13-5-2/h4,6,9H,5,7-8H2,1-3H3/b6-4+. The van der Waals surface area contributed by atoms with E-state index in [4.69, 9.17) is 14.2 Å². The van der Waals surface area contributed by atoms with Crippen molar-refractivity contribution in [2.24, 2.45) is 0 Å². The number of allylic oxidation sites excluding steroid dienone is 1. The molecule has 0 saturated carbocycles. The monoisotopic (exact) mass is 202 g/mol. The lowest BCUT2D eigenvalue weighted by Crippen LogP contribution is -2.18. The summed E-state index contributed by atoms with van der Waals surface area (Å²) in [6.45, 7) is 4.22. The molecule has 4 nitrogen and oxygen atoms in total. The molecule has 4 heteroatoms. The van der Waals surface area contributed by atoms with Gasteiger partial charge in [0.25, 0.3) is 0 Å². The Hall–Kier alpha value is -0.870. The Bertz CT molecular complexity index is 177. The van der Waals surface area contributed by atoms with E-state index in [1.165, 1.54) is 7.11 Å². The Balaban J connectivity index is 3.88. The van der Waals surface area contributed by atoms with E-state index in [-0.39, 0.29) is 25.3 Å². The van der Waals surface area contributed by atoms with Crippen molar-refractivity contribution in [3.8, 4) is 0 Å². The van der Waals surface area contributed by atoms with Gasteiger partial charge < -0.3 is 14.2 Å². The van der Waals surface area contributed by atoms with Gasteiger partial charge in [-0.15, -0.1) is 0 Å². The van der Waals surface area contributed by atoms with Gasteiger partial charge in [0.15, 0.2) is 0 Å². The summed E-state index contributed by atoms with van der Waals surface area (Å²) in [5.41, 5.74) is 0. The smallest absolute Gasteiger partial charge is 0.308 e. The minimum atomic E-state index is -0.265. The lowest BCUT2D eigenvalue weighted by Gasteiger charge is -2.12. The second-order valence-corrected chi connectivity index (χ2v) is 2.65. The number of rotatable bonds is 7. The third kappa shape index (κ3) is 6.62. The van der Waals surface area contributed by atoms with Gasteiger partial charge in [0.1, 0.15) is 6.79 Å². The highest BCUT2D eigenvalue weighted by Gasteiger charge is 2.11. The average Bonchev–Trinajstić information content (AvgIpc) is 2.15. The van der Waals surface area contributed by atoms with E-state index in [1.807, 2.05) is 13.0 Å². The Morgan fingerprint density at radius 1 is 1.50 bits per heavy atom. The van der Waals surface area contributed by atoms with Gasteiger partial charge in [-0.05, 0) is 13.8 Å². The number of methoxy groups -OCH3 is 1. The Kier molecular flexibility index (Phi) is 8.17. The summed E-state index contributed by atoms with van der Waals surface area (Å²) in [6.07, 6.45) is 3.59. The van der Waals surface area contributed by atoms with Crippen LogP contribution in [0.1, 0.15) is 20.3 Å². The van der Waals surface area contributed by atoms with E-state index < -0.39 is 0 Å². The maximum Gasteiger partial charge on any atom is 0.308 e. The molecule has 0 aliphatic heterocycles. The highest BCUT2D eigenvalue weighted by Crippen LogP contribution is 2.02. The average molecular weight is 202 g/mol. The van der Waals surface area contributed by atoms with E-state index in [0.717, 1.165) is 0 Å². The predicted molar refractivity (Wildman–Crippen MR) is 52.8 cm³/mol. The summed E-state index contributed by atoms with van der Waals surface area (Å²) in [7, 11) is 1.54. The van der Waals surface area contributed by atoms with E-state index in [9.17, 15) is 4.79 Å². The van der Waals surface area contributed by atoms with Crippen LogP contribution in [0.4, 0.5) is 0 Å². The first kappa shape index (κ1) is 13.1. The van der Waals surface area contributed by atoms with E-state index in [0.29, 0.717) is 6.61 Å². The summed E-state index contributed by atoms with van der Waals surface area (Å²) in [5, 5.41) is 0. The fourth-order valence-electron chi connectivity index (χ4n) is 0.937. The second kappa shape index (κ2) is 8.72. The maximum absolute atomic E-state index is 11.1. The molecule has 0 spiro atoms. The zero-order chi connectivity index (χ0) is 10.8.